The summed E-state index contributed by atoms with van der Waals surface area (Å²) in [6, 6.07) is 0. The predicted octanol–water partition coefficient (Wildman–Crippen LogP) is 1.88. The van der Waals surface area contributed by atoms with Crippen molar-refractivity contribution in [3.63, 3.8) is 0 Å². The summed E-state index contributed by atoms with van der Waals surface area (Å²) in [5.74, 6) is -4.44. The molecular formula is C26H40O10. The number of fused-ring (bicyclic) bond motifs is 5. The molecule has 0 aromatic rings. The summed E-state index contributed by atoms with van der Waals surface area (Å²) in [4.78, 5) is 0. The molecule has 10 atom stereocenters. The fraction of sp³-hybridized carbons (Fsp3) is 1.00. The van der Waals surface area contributed by atoms with E-state index in [-0.39, 0.29) is 0 Å². The molecule has 7 rings (SSSR count). The van der Waals surface area contributed by atoms with Crippen LogP contribution in [-0.2, 0) is 37.9 Å². The van der Waals surface area contributed by atoms with Crippen molar-refractivity contribution in [1.82, 2.24) is 0 Å². The van der Waals surface area contributed by atoms with Crippen molar-refractivity contribution < 1.29 is 48.1 Å². The van der Waals surface area contributed by atoms with Gasteiger partial charge in [-0.2, -0.15) is 0 Å². The van der Waals surface area contributed by atoms with Crippen LogP contribution in [0.2, 0.25) is 0 Å². The fourth-order valence-electron chi connectivity index (χ4n) is 7.58. The van der Waals surface area contributed by atoms with Gasteiger partial charge in [-0.1, -0.05) is 0 Å². The molecule has 6 saturated heterocycles. The lowest BCUT2D eigenvalue weighted by molar-refractivity contribution is -0.535. The maximum absolute atomic E-state index is 11.3. The maximum atomic E-state index is 11.3. The van der Waals surface area contributed by atoms with E-state index in [0.717, 1.165) is 51.4 Å². The SMILES string of the molecule is O[C@@H]1[C@H](O)[C@@H]2O[C@]3(CCCCO3)[C@@]3(CCCCO3)O[C@H]2[C@@H]2O[C@]3(CCCCO3)[C@@]3(CCCCO3)O[C@@H]12. The second-order valence-corrected chi connectivity index (χ2v) is 11.5. The predicted molar refractivity (Wildman–Crippen MR) is 122 cm³/mol. The molecule has 7 fully saturated rings. The summed E-state index contributed by atoms with van der Waals surface area (Å²) in [7, 11) is 0. The second-order valence-electron chi connectivity index (χ2n) is 11.5. The number of ether oxygens (including phenoxy) is 8. The van der Waals surface area contributed by atoms with Gasteiger partial charge in [0.15, 0.2) is 0 Å². The molecule has 6 aliphatic heterocycles. The van der Waals surface area contributed by atoms with Gasteiger partial charge in [0, 0.05) is 25.7 Å². The summed E-state index contributed by atoms with van der Waals surface area (Å²) in [6.45, 7) is 2.17. The molecule has 1 saturated carbocycles. The van der Waals surface area contributed by atoms with E-state index in [1.165, 1.54) is 0 Å². The molecule has 0 aromatic carbocycles. The molecule has 2 N–H and O–H groups in total. The largest absolute Gasteiger partial charge is 0.387 e. The molecule has 10 nitrogen and oxygen atoms in total. The maximum Gasteiger partial charge on any atom is 0.224 e. The Hall–Kier alpha value is -0.400. The molecule has 0 aromatic heterocycles. The first-order valence-corrected chi connectivity index (χ1v) is 14.2. The van der Waals surface area contributed by atoms with Crippen LogP contribution in [0.15, 0.2) is 0 Å². The Morgan fingerprint density at radius 3 is 0.917 bits per heavy atom. The summed E-state index contributed by atoms with van der Waals surface area (Å²) in [5.41, 5.74) is 0. The van der Waals surface area contributed by atoms with Crippen LogP contribution in [0.1, 0.15) is 77.0 Å². The monoisotopic (exact) mass is 512 g/mol. The second kappa shape index (κ2) is 9.08. The van der Waals surface area contributed by atoms with Crippen molar-refractivity contribution in [1.29, 1.82) is 0 Å². The van der Waals surface area contributed by atoms with Crippen molar-refractivity contribution in [2.24, 2.45) is 0 Å². The first kappa shape index (κ1) is 24.6. The first-order chi connectivity index (χ1) is 17.5. The third kappa shape index (κ3) is 3.46. The van der Waals surface area contributed by atoms with E-state index in [4.69, 9.17) is 37.9 Å². The number of aliphatic hydroxyl groups excluding tert-OH is 2. The van der Waals surface area contributed by atoms with Crippen LogP contribution in [0.4, 0.5) is 0 Å². The van der Waals surface area contributed by atoms with E-state index in [0.29, 0.717) is 52.1 Å². The minimum absolute atomic E-state index is 0.535. The Labute approximate surface area is 211 Å². The molecule has 6 heterocycles. The molecule has 204 valence electrons. The van der Waals surface area contributed by atoms with Crippen LogP contribution >= 0.6 is 0 Å². The summed E-state index contributed by atoms with van der Waals surface area (Å²) >= 11 is 0. The van der Waals surface area contributed by atoms with Crippen LogP contribution in [-0.4, -0.2) is 96.4 Å². The standard InChI is InChI=1S/C26H40O10/c27-17-18(28)20-22(36-26(12-4-8-16-32-26)24(34-20)10-2-6-14-30-24)21-19(17)33-23(9-1-5-13-29-23)25(35-21)11-3-7-15-31-25/h17-22,27-28H,1-16H2/t17-,18+,19-,20-,21+,22+,23+,24+,25+,26+/m0/s1. The van der Waals surface area contributed by atoms with Gasteiger partial charge in [-0.15, -0.1) is 0 Å². The zero-order valence-electron chi connectivity index (χ0n) is 20.9. The zero-order chi connectivity index (χ0) is 24.4. The number of hydrogen-bond donors (Lipinski definition) is 2. The van der Waals surface area contributed by atoms with E-state index in [9.17, 15) is 10.2 Å². The van der Waals surface area contributed by atoms with Gasteiger partial charge < -0.3 is 48.1 Å². The Morgan fingerprint density at radius 2 is 0.667 bits per heavy atom. The quantitative estimate of drug-likeness (QED) is 0.499. The van der Waals surface area contributed by atoms with Crippen molar-refractivity contribution in [2.75, 3.05) is 26.4 Å². The minimum atomic E-state index is -1.25. The van der Waals surface area contributed by atoms with E-state index in [2.05, 4.69) is 0 Å². The molecule has 0 radical (unpaired) electrons. The number of hydrogen-bond acceptors (Lipinski definition) is 10. The van der Waals surface area contributed by atoms with Crippen LogP contribution in [0.3, 0.4) is 0 Å². The zero-order valence-corrected chi connectivity index (χ0v) is 20.9. The van der Waals surface area contributed by atoms with Crippen LogP contribution in [0.25, 0.3) is 0 Å². The fourth-order valence-corrected chi connectivity index (χ4v) is 7.58. The van der Waals surface area contributed by atoms with Gasteiger partial charge in [0.05, 0.1) is 26.4 Å². The molecule has 0 bridgehead atoms. The number of rotatable bonds is 0. The summed E-state index contributed by atoms with van der Waals surface area (Å²) in [6.07, 6.45) is 4.21. The molecule has 7 aliphatic rings. The van der Waals surface area contributed by atoms with Gasteiger partial charge in [0.2, 0.25) is 23.1 Å². The van der Waals surface area contributed by atoms with Crippen molar-refractivity contribution >= 4 is 0 Å². The average Bonchev–Trinajstić information content (AvgIpc) is 2.92. The van der Waals surface area contributed by atoms with Gasteiger partial charge in [0.1, 0.15) is 36.6 Å². The lowest BCUT2D eigenvalue weighted by atomic mass is 9.78. The van der Waals surface area contributed by atoms with Crippen molar-refractivity contribution in [3.05, 3.63) is 0 Å². The van der Waals surface area contributed by atoms with E-state index < -0.39 is 59.8 Å². The molecule has 0 amide bonds. The van der Waals surface area contributed by atoms with E-state index >= 15 is 0 Å². The first-order valence-electron chi connectivity index (χ1n) is 14.2. The minimum Gasteiger partial charge on any atom is -0.387 e. The number of aliphatic hydroxyl groups is 2. The molecule has 1 aliphatic carbocycles. The van der Waals surface area contributed by atoms with Gasteiger partial charge >= 0.3 is 0 Å². The van der Waals surface area contributed by atoms with Gasteiger partial charge in [0.25, 0.3) is 0 Å². The van der Waals surface area contributed by atoms with Crippen molar-refractivity contribution in [3.8, 4) is 0 Å². The van der Waals surface area contributed by atoms with Gasteiger partial charge in [-0.3, -0.25) is 0 Å². The molecular weight excluding hydrogens is 472 g/mol. The summed E-state index contributed by atoms with van der Waals surface area (Å²) in [5, 5.41) is 22.7. The lowest BCUT2D eigenvalue weighted by Gasteiger charge is -2.65. The smallest absolute Gasteiger partial charge is 0.224 e. The topological polar surface area (TPSA) is 114 Å². The normalized spacial score (nSPS) is 55.5. The molecule has 0 unspecified atom stereocenters. The third-order valence-corrected chi connectivity index (χ3v) is 9.40. The average molecular weight is 513 g/mol. The Balaban J connectivity index is 1.26. The highest BCUT2D eigenvalue weighted by molar-refractivity contribution is 5.12. The Morgan fingerprint density at radius 1 is 0.389 bits per heavy atom. The van der Waals surface area contributed by atoms with Gasteiger partial charge in [-0.05, 0) is 51.4 Å². The molecule has 4 spiro atoms. The highest BCUT2D eigenvalue weighted by atomic mass is 16.8. The van der Waals surface area contributed by atoms with E-state index in [1.807, 2.05) is 0 Å². The molecule has 36 heavy (non-hydrogen) atoms. The van der Waals surface area contributed by atoms with Gasteiger partial charge in [-0.25, -0.2) is 0 Å². The Bertz CT molecular complexity index is 731. The lowest BCUT2D eigenvalue weighted by Crippen LogP contribution is -2.81. The van der Waals surface area contributed by atoms with Crippen LogP contribution in [0, 0.1) is 0 Å². The Kier molecular flexibility index (Phi) is 6.21. The van der Waals surface area contributed by atoms with Crippen LogP contribution in [0.5, 0.6) is 0 Å². The highest BCUT2D eigenvalue weighted by Crippen LogP contribution is 2.56. The summed E-state index contributed by atoms with van der Waals surface area (Å²) < 4.78 is 52.4. The highest BCUT2D eigenvalue weighted by Gasteiger charge is 2.73. The third-order valence-electron chi connectivity index (χ3n) is 9.40. The van der Waals surface area contributed by atoms with Crippen LogP contribution < -0.4 is 0 Å². The van der Waals surface area contributed by atoms with Crippen molar-refractivity contribution in [2.45, 2.75) is 137 Å². The van der Waals surface area contributed by atoms with E-state index in [1.54, 1.807) is 0 Å². The molecule has 10 heteroatoms.